The highest BCUT2D eigenvalue weighted by atomic mass is 16.5. The van der Waals surface area contributed by atoms with Crippen molar-refractivity contribution >= 4 is 16.8 Å². The van der Waals surface area contributed by atoms with Gasteiger partial charge in [0, 0.05) is 37.3 Å². The van der Waals surface area contributed by atoms with Crippen LogP contribution in [0.1, 0.15) is 23.2 Å². The molecular formula is C22H22N6O2. The number of carbonyl (C=O) groups excluding carboxylic acids is 1. The van der Waals surface area contributed by atoms with E-state index in [1.165, 1.54) is 0 Å². The van der Waals surface area contributed by atoms with E-state index in [0.29, 0.717) is 24.5 Å². The van der Waals surface area contributed by atoms with E-state index in [1.807, 2.05) is 66.7 Å². The minimum absolute atomic E-state index is 0.0238. The van der Waals surface area contributed by atoms with E-state index in [-0.39, 0.29) is 11.9 Å². The van der Waals surface area contributed by atoms with Crippen LogP contribution in [0.25, 0.3) is 28.0 Å². The summed E-state index contributed by atoms with van der Waals surface area (Å²) in [5.41, 5.74) is 3.90. The van der Waals surface area contributed by atoms with Gasteiger partial charge in [-0.25, -0.2) is 4.68 Å². The number of aromatic nitrogens is 5. The fourth-order valence-electron chi connectivity index (χ4n) is 3.86. The molecular weight excluding hydrogens is 380 g/mol. The second-order valence-corrected chi connectivity index (χ2v) is 7.47. The van der Waals surface area contributed by atoms with Crippen LogP contribution < -0.4 is 0 Å². The average Bonchev–Trinajstić information content (AvgIpc) is 3.46. The molecule has 0 aliphatic carbocycles. The van der Waals surface area contributed by atoms with Crippen molar-refractivity contribution in [2.75, 3.05) is 20.3 Å². The molecule has 3 heterocycles. The van der Waals surface area contributed by atoms with Gasteiger partial charge in [-0.15, -0.1) is 5.10 Å². The zero-order valence-corrected chi connectivity index (χ0v) is 16.7. The maximum Gasteiger partial charge on any atom is 0.253 e. The quantitative estimate of drug-likeness (QED) is 0.567. The minimum Gasteiger partial charge on any atom is -0.381 e. The first-order valence-corrected chi connectivity index (χ1v) is 10.0. The van der Waals surface area contributed by atoms with Crippen molar-refractivity contribution in [3.05, 3.63) is 60.3 Å². The van der Waals surface area contributed by atoms with Gasteiger partial charge in [0.1, 0.15) is 11.4 Å². The van der Waals surface area contributed by atoms with E-state index >= 15 is 0 Å². The molecule has 0 bridgehead atoms. The fourth-order valence-corrected chi connectivity index (χ4v) is 3.86. The number of amides is 1. The van der Waals surface area contributed by atoms with Crippen molar-refractivity contribution in [1.82, 2.24) is 30.1 Å². The van der Waals surface area contributed by atoms with Crippen molar-refractivity contribution in [2.24, 2.45) is 0 Å². The Balaban J connectivity index is 1.35. The number of aromatic amines is 1. The van der Waals surface area contributed by atoms with E-state index in [9.17, 15) is 4.79 Å². The van der Waals surface area contributed by atoms with E-state index in [4.69, 9.17) is 4.74 Å². The van der Waals surface area contributed by atoms with Gasteiger partial charge in [0.2, 0.25) is 0 Å². The Labute approximate surface area is 173 Å². The molecule has 2 aromatic carbocycles. The third kappa shape index (κ3) is 3.35. The Morgan fingerprint density at radius 1 is 1.13 bits per heavy atom. The SMILES string of the molecule is CN(C(=O)c1ccc(-n2cc(-c3n[nH]c4ccccc34)nn2)cc1)C1CCOCC1. The van der Waals surface area contributed by atoms with Crippen molar-refractivity contribution < 1.29 is 9.53 Å². The van der Waals surface area contributed by atoms with Crippen LogP contribution in [0.5, 0.6) is 0 Å². The standard InChI is InChI=1S/C22H22N6O2/c1-27(16-10-12-30-13-11-16)22(29)15-6-8-17(9-7-15)28-14-20(24-26-28)21-18-4-2-3-5-19(18)23-25-21/h2-9,14,16H,10-13H2,1H3,(H,23,25). The maximum atomic E-state index is 12.8. The molecule has 0 spiro atoms. The van der Waals surface area contributed by atoms with Crippen LogP contribution in [0, 0.1) is 0 Å². The molecule has 30 heavy (non-hydrogen) atoms. The predicted molar refractivity (Wildman–Crippen MR) is 112 cm³/mol. The first-order chi connectivity index (χ1) is 14.7. The number of fused-ring (bicyclic) bond motifs is 1. The lowest BCUT2D eigenvalue weighted by Gasteiger charge is -2.31. The molecule has 5 rings (SSSR count). The Morgan fingerprint density at radius 2 is 1.90 bits per heavy atom. The number of benzene rings is 2. The van der Waals surface area contributed by atoms with E-state index in [1.54, 1.807) is 4.68 Å². The van der Waals surface area contributed by atoms with Crippen molar-refractivity contribution in [3.63, 3.8) is 0 Å². The molecule has 1 fully saturated rings. The molecule has 4 aromatic rings. The Bertz CT molecular complexity index is 1170. The summed E-state index contributed by atoms with van der Waals surface area (Å²) >= 11 is 0. The number of nitrogens with zero attached hydrogens (tertiary/aromatic N) is 5. The van der Waals surface area contributed by atoms with Crippen LogP contribution in [0.15, 0.2) is 54.7 Å². The number of carbonyl (C=O) groups is 1. The first kappa shape index (κ1) is 18.5. The van der Waals surface area contributed by atoms with Gasteiger partial charge in [0.05, 0.1) is 17.4 Å². The number of H-pyrrole nitrogens is 1. The summed E-state index contributed by atoms with van der Waals surface area (Å²) in [6.45, 7) is 1.42. The number of para-hydroxylation sites is 1. The van der Waals surface area contributed by atoms with Gasteiger partial charge in [-0.3, -0.25) is 9.89 Å². The number of nitrogens with one attached hydrogen (secondary N) is 1. The summed E-state index contributed by atoms with van der Waals surface area (Å²) in [4.78, 5) is 14.6. The van der Waals surface area contributed by atoms with Gasteiger partial charge in [0.15, 0.2) is 0 Å². The topological polar surface area (TPSA) is 88.9 Å². The van der Waals surface area contributed by atoms with Gasteiger partial charge >= 0.3 is 0 Å². The van der Waals surface area contributed by atoms with Gasteiger partial charge in [0.25, 0.3) is 5.91 Å². The highest BCUT2D eigenvalue weighted by Crippen LogP contribution is 2.25. The van der Waals surface area contributed by atoms with Crippen molar-refractivity contribution in [2.45, 2.75) is 18.9 Å². The summed E-state index contributed by atoms with van der Waals surface area (Å²) in [5, 5.41) is 16.9. The number of hydrogen-bond donors (Lipinski definition) is 1. The van der Waals surface area contributed by atoms with E-state index in [0.717, 1.165) is 35.1 Å². The minimum atomic E-state index is 0.0238. The van der Waals surface area contributed by atoms with Gasteiger partial charge in [-0.05, 0) is 43.2 Å². The van der Waals surface area contributed by atoms with E-state index < -0.39 is 0 Å². The van der Waals surface area contributed by atoms with Crippen molar-refractivity contribution in [1.29, 1.82) is 0 Å². The highest BCUT2D eigenvalue weighted by Gasteiger charge is 2.23. The maximum absolute atomic E-state index is 12.8. The summed E-state index contributed by atoms with van der Waals surface area (Å²) in [7, 11) is 1.87. The molecule has 1 N–H and O–H groups in total. The van der Waals surface area contributed by atoms with Crippen LogP contribution in [0.3, 0.4) is 0 Å². The zero-order chi connectivity index (χ0) is 20.5. The molecule has 8 nitrogen and oxygen atoms in total. The van der Waals surface area contributed by atoms with Crippen LogP contribution in [-0.2, 0) is 4.74 Å². The van der Waals surface area contributed by atoms with Gasteiger partial charge in [-0.1, -0.05) is 23.4 Å². The fraction of sp³-hybridized carbons (Fsp3) is 0.273. The normalized spacial score (nSPS) is 14.8. The molecule has 0 saturated carbocycles. The molecule has 152 valence electrons. The molecule has 2 aromatic heterocycles. The summed E-state index contributed by atoms with van der Waals surface area (Å²) in [6, 6.07) is 15.6. The zero-order valence-electron chi connectivity index (χ0n) is 16.7. The Morgan fingerprint density at radius 3 is 2.70 bits per heavy atom. The lowest BCUT2D eigenvalue weighted by atomic mass is 10.1. The average molecular weight is 402 g/mol. The van der Waals surface area contributed by atoms with E-state index in [2.05, 4.69) is 20.5 Å². The smallest absolute Gasteiger partial charge is 0.253 e. The summed E-state index contributed by atoms with van der Waals surface area (Å²) in [5.74, 6) is 0.0238. The third-order valence-corrected chi connectivity index (χ3v) is 5.64. The van der Waals surface area contributed by atoms with Crippen LogP contribution in [0.2, 0.25) is 0 Å². The number of hydrogen-bond acceptors (Lipinski definition) is 5. The summed E-state index contributed by atoms with van der Waals surface area (Å²) in [6.07, 6.45) is 3.60. The third-order valence-electron chi connectivity index (χ3n) is 5.64. The second-order valence-electron chi connectivity index (χ2n) is 7.47. The Kier molecular flexibility index (Phi) is 4.76. The molecule has 0 unspecified atom stereocenters. The van der Waals surface area contributed by atoms with Gasteiger partial charge in [-0.2, -0.15) is 5.10 Å². The molecule has 1 aliphatic heterocycles. The molecule has 1 saturated heterocycles. The number of rotatable bonds is 4. The Hall–Kier alpha value is -3.52. The van der Waals surface area contributed by atoms with Gasteiger partial charge < -0.3 is 9.64 Å². The van der Waals surface area contributed by atoms with Crippen LogP contribution in [0.4, 0.5) is 0 Å². The predicted octanol–water partition coefficient (Wildman–Crippen LogP) is 3.06. The van der Waals surface area contributed by atoms with Crippen LogP contribution in [-0.4, -0.2) is 62.3 Å². The lowest BCUT2D eigenvalue weighted by Crippen LogP contribution is -2.40. The highest BCUT2D eigenvalue weighted by molar-refractivity contribution is 5.94. The first-order valence-electron chi connectivity index (χ1n) is 10.0. The second kappa shape index (κ2) is 7.72. The number of ether oxygens (including phenoxy) is 1. The molecule has 8 heteroatoms. The molecule has 0 radical (unpaired) electrons. The van der Waals surface area contributed by atoms with Crippen LogP contribution >= 0.6 is 0 Å². The molecule has 1 aliphatic rings. The lowest BCUT2D eigenvalue weighted by molar-refractivity contribution is 0.0362. The monoisotopic (exact) mass is 402 g/mol. The molecule has 1 amide bonds. The van der Waals surface area contributed by atoms with Crippen molar-refractivity contribution in [3.8, 4) is 17.1 Å². The molecule has 0 atom stereocenters. The summed E-state index contributed by atoms with van der Waals surface area (Å²) < 4.78 is 7.08. The largest absolute Gasteiger partial charge is 0.381 e.